The molecule has 1 aliphatic heterocycles. The van der Waals surface area contributed by atoms with Crippen LogP contribution in [0.1, 0.15) is 24.5 Å². The summed E-state index contributed by atoms with van der Waals surface area (Å²) in [6, 6.07) is 16.6. The molecule has 9 heteroatoms. The quantitative estimate of drug-likeness (QED) is 0.272. The fourth-order valence-electron chi connectivity index (χ4n) is 3.49. The van der Waals surface area contributed by atoms with Crippen LogP contribution >= 0.6 is 35.0 Å². The van der Waals surface area contributed by atoms with Gasteiger partial charge in [-0.2, -0.15) is 0 Å². The van der Waals surface area contributed by atoms with E-state index in [4.69, 9.17) is 32.7 Å². The van der Waals surface area contributed by atoms with Crippen molar-refractivity contribution < 1.29 is 18.7 Å². The average Bonchev–Trinajstić information content (AvgIpc) is 3.14. The van der Waals surface area contributed by atoms with Crippen LogP contribution in [0, 0.1) is 5.82 Å². The van der Waals surface area contributed by atoms with Crippen molar-refractivity contribution in [1.82, 2.24) is 4.90 Å². The van der Waals surface area contributed by atoms with Gasteiger partial charge in [-0.3, -0.25) is 9.69 Å². The second-order valence-corrected chi connectivity index (χ2v) is 9.74. The zero-order chi connectivity index (χ0) is 25.7. The van der Waals surface area contributed by atoms with Crippen LogP contribution in [0.3, 0.4) is 0 Å². The molecule has 3 aromatic rings. The largest absolute Gasteiger partial charge is 0.493 e. The van der Waals surface area contributed by atoms with Crippen LogP contribution in [0.25, 0.3) is 6.08 Å². The maximum Gasteiger partial charge on any atom is 0.266 e. The van der Waals surface area contributed by atoms with Crippen molar-refractivity contribution in [3.63, 3.8) is 0 Å². The molecule has 1 aliphatic rings. The highest BCUT2D eigenvalue weighted by atomic mass is 35.5. The van der Waals surface area contributed by atoms with Crippen molar-refractivity contribution in [1.29, 1.82) is 0 Å². The van der Waals surface area contributed by atoms with Crippen molar-refractivity contribution in [3.05, 3.63) is 92.6 Å². The number of hydrogen-bond donors (Lipinski definition) is 0. The SMILES string of the molecule is CCCN1C(=O)/C(=C/c2cc(Cl)c(OCc3ccc(F)cc3)c(OC)c2)SC1=Nc1ccc(Cl)cc1. The Morgan fingerprint density at radius 2 is 1.81 bits per heavy atom. The summed E-state index contributed by atoms with van der Waals surface area (Å²) in [6.07, 6.45) is 2.55. The maximum absolute atomic E-state index is 13.2. The van der Waals surface area contributed by atoms with Gasteiger partial charge in [0.15, 0.2) is 16.7 Å². The van der Waals surface area contributed by atoms with Gasteiger partial charge in [-0.1, -0.05) is 42.3 Å². The van der Waals surface area contributed by atoms with E-state index >= 15 is 0 Å². The molecule has 36 heavy (non-hydrogen) atoms. The summed E-state index contributed by atoms with van der Waals surface area (Å²) in [5.74, 6) is 0.354. The standard InChI is InChI=1S/C27H23Cl2FN2O3S/c1-3-12-32-26(33)24(36-27(32)31-21-10-6-19(28)7-11-21)15-18-13-22(29)25(23(14-18)34-2)35-16-17-4-8-20(30)9-5-17/h4-11,13-15H,3,12,16H2,1-2H3/b24-15-,31-27?. The van der Waals surface area contributed by atoms with Gasteiger partial charge in [0, 0.05) is 11.6 Å². The van der Waals surface area contributed by atoms with Crippen molar-refractivity contribution >= 4 is 57.8 Å². The molecule has 1 saturated heterocycles. The molecule has 0 unspecified atom stereocenters. The van der Waals surface area contributed by atoms with Crippen molar-refractivity contribution in [2.24, 2.45) is 4.99 Å². The predicted molar refractivity (Wildman–Crippen MR) is 145 cm³/mol. The van der Waals surface area contributed by atoms with Crippen molar-refractivity contribution in [2.75, 3.05) is 13.7 Å². The number of carbonyl (C=O) groups excluding carboxylic acids is 1. The Bertz CT molecular complexity index is 1310. The fourth-order valence-corrected chi connectivity index (χ4v) is 4.91. The summed E-state index contributed by atoms with van der Waals surface area (Å²) >= 11 is 13.8. The Morgan fingerprint density at radius 1 is 1.08 bits per heavy atom. The van der Waals surface area contributed by atoms with Crippen LogP contribution in [-0.4, -0.2) is 29.6 Å². The van der Waals surface area contributed by atoms with Crippen molar-refractivity contribution in [3.8, 4) is 11.5 Å². The Labute approximate surface area is 223 Å². The summed E-state index contributed by atoms with van der Waals surface area (Å²) < 4.78 is 24.5. The second kappa shape index (κ2) is 11.8. The van der Waals surface area contributed by atoms with Crippen LogP contribution in [0.4, 0.5) is 10.1 Å². The molecule has 0 saturated carbocycles. The molecule has 0 atom stereocenters. The summed E-state index contributed by atoms with van der Waals surface area (Å²) in [4.78, 5) is 20.0. The lowest BCUT2D eigenvalue weighted by Gasteiger charge is -2.14. The maximum atomic E-state index is 13.2. The molecular weight excluding hydrogens is 522 g/mol. The number of rotatable bonds is 8. The van der Waals surface area contributed by atoms with Gasteiger partial charge in [0.25, 0.3) is 5.91 Å². The van der Waals surface area contributed by atoms with E-state index in [2.05, 4.69) is 4.99 Å². The molecule has 5 nitrogen and oxygen atoms in total. The third kappa shape index (κ3) is 6.22. The minimum absolute atomic E-state index is 0.124. The predicted octanol–water partition coefficient (Wildman–Crippen LogP) is 7.73. The highest BCUT2D eigenvalue weighted by Crippen LogP contribution is 2.40. The molecule has 0 radical (unpaired) electrons. The van der Waals surface area contributed by atoms with Crippen LogP contribution < -0.4 is 9.47 Å². The van der Waals surface area contributed by atoms with Gasteiger partial charge in [-0.25, -0.2) is 9.38 Å². The van der Waals surface area contributed by atoms with E-state index < -0.39 is 0 Å². The Morgan fingerprint density at radius 3 is 2.47 bits per heavy atom. The van der Waals surface area contributed by atoms with Gasteiger partial charge in [-0.15, -0.1) is 0 Å². The molecule has 0 aliphatic carbocycles. The Kier molecular flexibility index (Phi) is 8.56. The highest BCUT2D eigenvalue weighted by molar-refractivity contribution is 8.18. The molecule has 0 bridgehead atoms. The van der Waals surface area contributed by atoms with Crippen LogP contribution in [0.2, 0.25) is 10.0 Å². The monoisotopic (exact) mass is 544 g/mol. The number of halogens is 3. The normalized spacial score (nSPS) is 15.7. The van der Waals surface area contributed by atoms with Crippen molar-refractivity contribution in [2.45, 2.75) is 20.0 Å². The lowest BCUT2D eigenvalue weighted by atomic mass is 10.1. The number of amides is 1. The van der Waals surface area contributed by atoms with E-state index in [0.29, 0.717) is 49.4 Å². The number of aliphatic imine (C=N–C) groups is 1. The average molecular weight is 545 g/mol. The van der Waals surface area contributed by atoms with Gasteiger partial charge in [0.1, 0.15) is 12.4 Å². The number of carbonyl (C=O) groups is 1. The number of methoxy groups -OCH3 is 1. The van der Waals surface area contributed by atoms with E-state index in [1.54, 1.807) is 47.4 Å². The van der Waals surface area contributed by atoms with Crippen LogP contribution in [0.5, 0.6) is 11.5 Å². The van der Waals surface area contributed by atoms with E-state index in [-0.39, 0.29) is 18.3 Å². The van der Waals surface area contributed by atoms with Gasteiger partial charge < -0.3 is 9.47 Å². The highest BCUT2D eigenvalue weighted by Gasteiger charge is 2.33. The van der Waals surface area contributed by atoms with Gasteiger partial charge in [0.05, 0.1) is 22.7 Å². The third-order valence-corrected chi connectivity index (χ3v) is 6.77. The van der Waals surface area contributed by atoms with E-state index in [0.717, 1.165) is 12.0 Å². The first kappa shape index (κ1) is 26.1. The van der Waals surface area contributed by atoms with Gasteiger partial charge in [-0.05, 0) is 83.9 Å². The van der Waals surface area contributed by atoms with Crippen LogP contribution in [0.15, 0.2) is 70.6 Å². The zero-order valence-electron chi connectivity index (χ0n) is 19.6. The number of benzene rings is 3. The molecular formula is C27H23Cl2FN2O3S. The number of nitrogens with zero attached hydrogens (tertiary/aromatic N) is 2. The third-order valence-electron chi connectivity index (χ3n) is 5.23. The molecule has 1 heterocycles. The molecule has 0 aromatic heterocycles. The number of ether oxygens (including phenoxy) is 2. The lowest BCUT2D eigenvalue weighted by Crippen LogP contribution is -2.29. The molecule has 0 N–H and O–H groups in total. The van der Waals surface area contributed by atoms with Crippen LogP contribution in [-0.2, 0) is 11.4 Å². The Balaban J connectivity index is 1.59. The minimum atomic E-state index is -0.315. The molecule has 4 rings (SSSR count). The smallest absolute Gasteiger partial charge is 0.266 e. The number of amidine groups is 1. The number of hydrogen-bond acceptors (Lipinski definition) is 5. The molecule has 3 aromatic carbocycles. The van der Waals surface area contributed by atoms with Gasteiger partial charge >= 0.3 is 0 Å². The summed E-state index contributed by atoms with van der Waals surface area (Å²) in [6.45, 7) is 2.76. The number of thioether (sulfide) groups is 1. The Hall–Kier alpha value is -3.00. The van der Waals surface area contributed by atoms with Gasteiger partial charge in [0.2, 0.25) is 0 Å². The lowest BCUT2D eigenvalue weighted by molar-refractivity contribution is -0.122. The first-order valence-electron chi connectivity index (χ1n) is 11.2. The zero-order valence-corrected chi connectivity index (χ0v) is 22.0. The molecule has 1 amide bonds. The molecule has 0 spiro atoms. The summed E-state index contributed by atoms with van der Waals surface area (Å²) in [5.41, 5.74) is 2.19. The molecule has 1 fully saturated rings. The first-order chi connectivity index (χ1) is 17.4. The summed E-state index contributed by atoms with van der Waals surface area (Å²) in [7, 11) is 1.52. The fraction of sp³-hybridized carbons (Fsp3) is 0.185. The topological polar surface area (TPSA) is 51.1 Å². The molecule has 186 valence electrons. The van der Waals surface area contributed by atoms with E-state index in [1.807, 2.05) is 19.1 Å². The summed E-state index contributed by atoms with van der Waals surface area (Å²) in [5, 5.41) is 1.56. The first-order valence-corrected chi connectivity index (χ1v) is 12.8. The minimum Gasteiger partial charge on any atom is -0.493 e. The van der Waals surface area contributed by atoms with E-state index in [1.165, 1.54) is 31.0 Å². The van der Waals surface area contributed by atoms with E-state index in [9.17, 15) is 9.18 Å². The second-order valence-electron chi connectivity index (χ2n) is 7.89.